The summed E-state index contributed by atoms with van der Waals surface area (Å²) in [6.07, 6.45) is 6.95. The number of aromatic carboxylic acids is 1. The van der Waals surface area contributed by atoms with Gasteiger partial charge in [0, 0.05) is 23.1 Å². The maximum Gasteiger partial charge on any atom is 0.339 e. The van der Waals surface area contributed by atoms with Gasteiger partial charge in [-0.15, -0.1) is 0 Å². The fourth-order valence-corrected chi connectivity index (χ4v) is 5.35. The molecular weight excluding hydrogens is 498 g/mol. The van der Waals surface area contributed by atoms with Gasteiger partial charge in [0.1, 0.15) is 28.4 Å². The molecule has 2 aromatic rings. The molecule has 0 fully saturated rings. The van der Waals surface area contributed by atoms with Gasteiger partial charge in [-0.3, -0.25) is 4.79 Å². The number of carboxylic acids is 1. The quantitative estimate of drug-likeness (QED) is 0.315. The summed E-state index contributed by atoms with van der Waals surface area (Å²) >= 11 is 0. The van der Waals surface area contributed by atoms with Gasteiger partial charge in [0.05, 0.1) is 23.9 Å². The number of benzene rings is 2. The highest BCUT2D eigenvalue weighted by molar-refractivity contribution is 6.11. The van der Waals surface area contributed by atoms with Crippen LogP contribution in [0.5, 0.6) is 17.2 Å². The van der Waals surface area contributed by atoms with Crippen LogP contribution in [0.4, 0.5) is 5.69 Å². The zero-order chi connectivity index (χ0) is 28.6. The standard InChI is InChI=1S/C31H37NO7/c1-17(2)8-6-9-18(3)10-7-13-31(5)26(34)15-22-25(33)14-21-23(28(22)39-31)16-32(29(21)36)24-12-11-20(30(37)38)27(35)19(24)4/h8,10-12,14,26,33-35H,6-7,9,13,15-16H2,1-5H3,(H,37,38)/b18-10+. The van der Waals surface area contributed by atoms with Crippen molar-refractivity contribution in [2.75, 3.05) is 4.90 Å². The fourth-order valence-electron chi connectivity index (χ4n) is 5.35. The van der Waals surface area contributed by atoms with E-state index in [1.165, 1.54) is 34.2 Å². The molecule has 0 saturated carbocycles. The minimum atomic E-state index is -1.26. The van der Waals surface area contributed by atoms with Crippen molar-refractivity contribution in [1.82, 2.24) is 0 Å². The number of hydrogen-bond donors (Lipinski definition) is 4. The van der Waals surface area contributed by atoms with E-state index >= 15 is 0 Å². The van der Waals surface area contributed by atoms with Crippen LogP contribution in [0.2, 0.25) is 0 Å². The number of nitrogens with zero attached hydrogens (tertiary/aromatic N) is 1. The molecule has 0 spiro atoms. The lowest BCUT2D eigenvalue weighted by atomic mass is 9.84. The number of carboxylic acid groups (broad SMARTS) is 1. The average Bonchev–Trinajstić information content (AvgIpc) is 3.17. The number of aliphatic hydroxyl groups excluding tert-OH is 1. The number of anilines is 1. The smallest absolute Gasteiger partial charge is 0.339 e. The summed E-state index contributed by atoms with van der Waals surface area (Å²) < 4.78 is 6.43. The van der Waals surface area contributed by atoms with Crippen LogP contribution in [0.3, 0.4) is 0 Å². The monoisotopic (exact) mass is 535 g/mol. The summed E-state index contributed by atoms with van der Waals surface area (Å²) in [6.45, 7) is 9.80. The van der Waals surface area contributed by atoms with Crippen molar-refractivity contribution < 1.29 is 34.8 Å². The summed E-state index contributed by atoms with van der Waals surface area (Å²) in [5.41, 5.74) is 3.38. The van der Waals surface area contributed by atoms with Gasteiger partial charge >= 0.3 is 5.97 Å². The number of ether oxygens (including phenoxy) is 1. The molecule has 2 aliphatic rings. The lowest BCUT2D eigenvalue weighted by Gasteiger charge is -2.40. The Morgan fingerprint density at radius 2 is 1.87 bits per heavy atom. The highest BCUT2D eigenvalue weighted by Crippen LogP contribution is 2.47. The van der Waals surface area contributed by atoms with Crippen molar-refractivity contribution in [2.24, 2.45) is 0 Å². The molecule has 8 heteroatoms. The molecule has 0 radical (unpaired) electrons. The van der Waals surface area contributed by atoms with Gasteiger partial charge in [-0.05, 0) is 78.5 Å². The summed E-state index contributed by atoms with van der Waals surface area (Å²) in [5, 5.41) is 41.5. The maximum atomic E-state index is 13.4. The number of carbonyl (C=O) groups is 2. The molecular formula is C31H37NO7. The van der Waals surface area contributed by atoms with Crippen LogP contribution in [0, 0.1) is 6.92 Å². The van der Waals surface area contributed by atoms with E-state index in [1.807, 2.05) is 6.92 Å². The summed E-state index contributed by atoms with van der Waals surface area (Å²) in [6, 6.07) is 4.16. The Morgan fingerprint density at radius 3 is 2.54 bits per heavy atom. The van der Waals surface area contributed by atoms with Gasteiger partial charge in [-0.2, -0.15) is 0 Å². The van der Waals surface area contributed by atoms with Crippen LogP contribution >= 0.6 is 0 Å². The normalized spacial score (nSPS) is 20.4. The summed E-state index contributed by atoms with van der Waals surface area (Å²) in [4.78, 5) is 26.3. The second kappa shape index (κ2) is 10.8. The van der Waals surface area contributed by atoms with Crippen LogP contribution in [-0.4, -0.2) is 44.0 Å². The van der Waals surface area contributed by atoms with E-state index in [0.717, 1.165) is 12.8 Å². The van der Waals surface area contributed by atoms with E-state index in [9.17, 15) is 30.0 Å². The van der Waals surface area contributed by atoms with Crippen LogP contribution in [-0.2, 0) is 13.0 Å². The summed E-state index contributed by atoms with van der Waals surface area (Å²) in [7, 11) is 0. The van der Waals surface area contributed by atoms with Gasteiger partial charge in [-0.25, -0.2) is 4.79 Å². The molecule has 0 aliphatic carbocycles. The Morgan fingerprint density at radius 1 is 1.15 bits per heavy atom. The van der Waals surface area contributed by atoms with Gasteiger partial charge in [-0.1, -0.05) is 23.3 Å². The SMILES string of the molecule is CC(C)=CCC/C(C)=C/CCC1(C)Oc2c(c(O)cc3c2CN(c2ccc(C(=O)O)c(O)c2C)C3=O)CC1O. The number of fused-ring (bicyclic) bond motifs is 3. The first-order valence-corrected chi connectivity index (χ1v) is 13.3. The van der Waals surface area contributed by atoms with Crippen LogP contribution < -0.4 is 9.64 Å². The highest BCUT2D eigenvalue weighted by atomic mass is 16.5. The number of phenols is 2. The fraction of sp³-hybridized carbons (Fsp3) is 0.419. The second-order valence-electron chi connectivity index (χ2n) is 11.1. The topological polar surface area (TPSA) is 128 Å². The summed E-state index contributed by atoms with van der Waals surface area (Å²) in [5.74, 6) is -1.76. The number of carbonyl (C=O) groups excluding carboxylic acids is 1. The third-order valence-electron chi connectivity index (χ3n) is 7.84. The van der Waals surface area contributed by atoms with Crippen LogP contribution in [0.25, 0.3) is 0 Å². The van der Waals surface area contributed by atoms with Crippen molar-refractivity contribution in [3.05, 3.63) is 69.3 Å². The van der Waals surface area contributed by atoms with Gasteiger partial charge in [0.25, 0.3) is 5.91 Å². The Bertz CT molecular complexity index is 1390. The third-order valence-corrected chi connectivity index (χ3v) is 7.84. The lowest BCUT2D eigenvalue weighted by Crippen LogP contribution is -2.49. The first-order chi connectivity index (χ1) is 18.3. The number of aliphatic hydroxyl groups is 1. The molecule has 0 saturated heterocycles. The molecule has 2 unspecified atom stereocenters. The average molecular weight is 536 g/mol. The molecule has 2 atom stereocenters. The number of rotatable bonds is 8. The Balaban J connectivity index is 1.60. The van der Waals surface area contributed by atoms with Gasteiger partial charge < -0.3 is 30.1 Å². The number of allylic oxidation sites excluding steroid dienone is 4. The number of hydrogen-bond acceptors (Lipinski definition) is 6. The molecule has 4 N–H and O–H groups in total. The number of phenolic OH excluding ortho intramolecular Hbond substituents is 1. The molecule has 8 nitrogen and oxygen atoms in total. The van der Waals surface area contributed by atoms with E-state index in [0.29, 0.717) is 35.4 Å². The molecule has 39 heavy (non-hydrogen) atoms. The van der Waals surface area contributed by atoms with Crippen LogP contribution in [0.15, 0.2) is 41.5 Å². The van der Waals surface area contributed by atoms with E-state index < -0.39 is 23.4 Å². The minimum Gasteiger partial charge on any atom is -0.508 e. The third kappa shape index (κ3) is 5.39. The maximum absolute atomic E-state index is 13.4. The zero-order valence-corrected chi connectivity index (χ0v) is 23.2. The first kappa shape index (κ1) is 28.2. The molecule has 4 rings (SSSR count). The molecule has 0 aromatic heterocycles. The molecule has 1 amide bonds. The molecule has 2 aromatic carbocycles. The Labute approximate surface area is 228 Å². The van der Waals surface area contributed by atoms with E-state index in [2.05, 4.69) is 32.9 Å². The Kier molecular flexibility index (Phi) is 7.80. The van der Waals surface area contributed by atoms with E-state index in [4.69, 9.17) is 4.74 Å². The number of amides is 1. The molecule has 208 valence electrons. The molecule has 0 bridgehead atoms. The van der Waals surface area contributed by atoms with Crippen molar-refractivity contribution in [3.63, 3.8) is 0 Å². The van der Waals surface area contributed by atoms with Gasteiger partial charge in [0.2, 0.25) is 0 Å². The van der Waals surface area contributed by atoms with Crippen molar-refractivity contribution in [1.29, 1.82) is 0 Å². The minimum absolute atomic E-state index is 0.115. The largest absolute Gasteiger partial charge is 0.508 e. The second-order valence-corrected chi connectivity index (χ2v) is 11.1. The van der Waals surface area contributed by atoms with Crippen molar-refractivity contribution in [2.45, 2.75) is 85.0 Å². The van der Waals surface area contributed by atoms with Crippen molar-refractivity contribution in [3.8, 4) is 17.2 Å². The molecule has 2 aliphatic heterocycles. The van der Waals surface area contributed by atoms with Crippen molar-refractivity contribution >= 4 is 17.6 Å². The lowest BCUT2D eigenvalue weighted by molar-refractivity contribution is -0.0597. The Hall–Kier alpha value is -3.78. The first-order valence-electron chi connectivity index (χ1n) is 13.3. The predicted octanol–water partition coefficient (Wildman–Crippen LogP) is 5.79. The van der Waals surface area contributed by atoms with Gasteiger partial charge in [0.15, 0.2) is 0 Å². The molecule has 2 heterocycles. The predicted molar refractivity (Wildman–Crippen MR) is 149 cm³/mol. The van der Waals surface area contributed by atoms with Crippen LogP contribution in [0.1, 0.15) is 90.8 Å². The number of aromatic hydroxyl groups is 2. The van der Waals surface area contributed by atoms with E-state index in [-0.39, 0.29) is 41.3 Å². The highest BCUT2D eigenvalue weighted by Gasteiger charge is 2.44. The van der Waals surface area contributed by atoms with E-state index in [1.54, 1.807) is 6.92 Å². The zero-order valence-electron chi connectivity index (χ0n) is 23.2.